The van der Waals surface area contributed by atoms with Gasteiger partial charge in [-0.2, -0.15) is 0 Å². The van der Waals surface area contributed by atoms with Gasteiger partial charge in [0.25, 0.3) is 0 Å². The Labute approximate surface area is 90.4 Å². The zero-order valence-electron chi connectivity index (χ0n) is 9.00. The molecule has 82 valence electrons. The average molecular weight is 220 g/mol. The minimum absolute atomic E-state index is 0.102. The van der Waals surface area contributed by atoms with E-state index in [-0.39, 0.29) is 24.0 Å². The molecular weight excluding hydrogens is 202 g/mol. The van der Waals surface area contributed by atoms with E-state index in [2.05, 4.69) is 0 Å². The Bertz CT molecular complexity index is 210. The summed E-state index contributed by atoms with van der Waals surface area (Å²) in [4.78, 5) is 13.6. The number of carbonyl (C=O) groups excluding carboxylic acids is 1. The molecule has 3 nitrogen and oxygen atoms in total. The van der Waals surface area contributed by atoms with E-state index in [0.29, 0.717) is 5.88 Å². The van der Waals surface area contributed by atoms with Crippen molar-refractivity contribution in [3.8, 4) is 0 Å². The maximum Gasteiger partial charge on any atom is 0.226 e. The number of likely N-dealkylation sites (N-methyl/N-ethyl adjacent to an activating group) is 1. The highest BCUT2D eigenvalue weighted by Crippen LogP contribution is 2.19. The van der Waals surface area contributed by atoms with Gasteiger partial charge in [-0.3, -0.25) is 4.79 Å². The molecule has 0 spiro atoms. The first kappa shape index (κ1) is 11.8. The number of rotatable bonds is 3. The topological polar surface area (TPSA) is 29.5 Å². The smallest absolute Gasteiger partial charge is 0.226 e. The molecule has 1 heterocycles. The van der Waals surface area contributed by atoms with Gasteiger partial charge < -0.3 is 9.64 Å². The van der Waals surface area contributed by atoms with Crippen LogP contribution in [-0.2, 0) is 9.53 Å². The van der Waals surface area contributed by atoms with Crippen LogP contribution < -0.4 is 0 Å². The van der Waals surface area contributed by atoms with Gasteiger partial charge >= 0.3 is 0 Å². The fraction of sp³-hybridized carbons (Fsp3) is 0.900. The summed E-state index contributed by atoms with van der Waals surface area (Å²) in [5, 5.41) is 0. The summed E-state index contributed by atoms with van der Waals surface area (Å²) in [6, 6.07) is 0.216. The molecule has 1 aliphatic rings. The molecule has 1 saturated heterocycles. The number of carbonyl (C=O) groups is 1. The number of hydrogen-bond donors (Lipinski definition) is 0. The van der Waals surface area contributed by atoms with E-state index in [4.69, 9.17) is 16.3 Å². The van der Waals surface area contributed by atoms with Gasteiger partial charge in [0.05, 0.1) is 12.1 Å². The van der Waals surface area contributed by atoms with Crippen molar-refractivity contribution in [1.29, 1.82) is 0 Å². The number of nitrogens with zero attached hydrogens (tertiary/aromatic N) is 1. The summed E-state index contributed by atoms with van der Waals surface area (Å²) in [5.74, 6) is 0.391. The molecule has 0 aromatic heterocycles. The lowest BCUT2D eigenvalue weighted by atomic mass is 10.1. The third kappa shape index (κ3) is 2.39. The molecular formula is C10H18ClNO2. The third-order valence-electron chi connectivity index (χ3n) is 2.83. The van der Waals surface area contributed by atoms with Crippen LogP contribution in [0.5, 0.6) is 0 Å². The molecule has 3 unspecified atom stereocenters. The second-order valence-electron chi connectivity index (χ2n) is 3.94. The molecule has 0 N–H and O–H groups in total. The van der Waals surface area contributed by atoms with Crippen LogP contribution in [-0.4, -0.2) is 42.5 Å². The molecule has 3 atom stereocenters. The van der Waals surface area contributed by atoms with E-state index in [9.17, 15) is 4.79 Å². The van der Waals surface area contributed by atoms with Crippen molar-refractivity contribution in [2.45, 2.75) is 32.4 Å². The third-order valence-corrected chi connectivity index (χ3v) is 3.30. The summed E-state index contributed by atoms with van der Waals surface area (Å²) >= 11 is 5.66. The summed E-state index contributed by atoms with van der Waals surface area (Å²) in [6.07, 6.45) is 1.07. The summed E-state index contributed by atoms with van der Waals surface area (Å²) in [7, 11) is 1.83. The van der Waals surface area contributed by atoms with Crippen molar-refractivity contribution in [2.75, 3.05) is 19.5 Å². The second kappa shape index (κ2) is 4.99. The van der Waals surface area contributed by atoms with E-state index in [1.165, 1.54) is 0 Å². The van der Waals surface area contributed by atoms with Crippen LogP contribution in [0.1, 0.15) is 20.3 Å². The zero-order valence-corrected chi connectivity index (χ0v) is 9.75. The second-order valence-corrected chi connectivity index (χ2v) is 4.25. The van der Waals surface area contributed by atoms with Crippen molar-refractivity contribution in [2.24, 2.45) is 5.92 Å². The maximum absolute atomic E-state index is 11.8. The molecule has 0 bridgehead atoms. The number of ether oxygens (including phenoxy) is 1. The van der Waals surface area contributed by atoms with Gasteiger partial charge in [-0.15, -0.1) is 11.6 Å². The molecule has 0 saturated carbocycles. The number of halogens is 1. The summed E-state index contributed by atoms with van der Waals surface area (Å²) < 4.78 is 5.42. The zero-order chi connectivity index (χ0) is 10.7. The predicted molar refractivity (Wildman–Crippen MR) is 56.5 cm³/mol. The predicted octanol–water partition coefficient (Wildman–Crippen LogP) is 1.50. The SMILES string of the molecule is CC(CCl)C(=O)N(C)C1CCOC1C. The van der Waals surface area contributed by atoms with Gasteiger partial charge in [0.2, 0.25) is 5.91 Å². The molecule has 14 heavy (non-hydrogen) atoms. The molecule has 1 aliphatic heterocycles. The van der Waals surface area contributed by atoms with Crippen LogP contribution in [0.3, 0.4) is 0 Å². The quantitative estimate of drug-likeness (QED) is 0.674. The minimum Gasteiger partial charge on any atom is -0.376 e. The Morgan fingerprint density at radius 3 is 2.79 bits per heavy atom. The van der Waals surface area contributed by atoms with Crippen LogP contribution in [0, 0.1) is 5.92 Å². The van der Waals surface area contributed by atoms with E-state index in [1.807, 2.05) is 20.9 Å². The van der Waals surface area contributed by atoms with Crippen LogP contribution in [0.4, 0.5) is 0 Å². The molecule has 1 rings (SSSR count). The maximum atomic E-state index is 11.8. The summed E-state index contributed by atoms with van der Waals surface area (Å²) in [5.41, 5.74) is 0. The van der Waals surface area contributed by atoms with Gasteiger partial charge in [-0.1, -0.05) is 6.92 Å². The Morgan fingerprint density at radius 2 is 2.36 bits per heavy atom. The van der Waals surface area contributed by atoms with Crippen LogP contribution in [0.15, 0.2) is 0 Å². The molecule has 4 heteroatoms. The van der Waals surface area contributed by atoms with Crippen molar-refractivity contribution < 1.29 is 9.53 Å². The lowest BCUT2D eigenvalue weighted by Gasteiger charge is -2.28. The largest absolute Gasteiger partial charge is 0.376 e. The van der Waals surface area contributed by atoms with Crippen molar-refractivity contribution in [1.82, 2.24) is 4.90 Å². The highest BCUT2D eigenvalue weighted by Gasteiger charge is 2.31. The number of alkyl halides is 1. The first-order valence-electron chi connectivity index (χ1n) is 5.02. The summed E-state index contributed by atoms with van der Waals surface area (Å²) in [6.45, 7) is 4.61. The highest BCUT2D eigenvalue weighted by molar-refractivity contribution is 6.19. The molecule has 0 aromatic rings. The van der Waals surface area contributed by atoms with Gasteiger partial charge in [-0.25, -0.2) is 0 Å². The van der Waals surface area contributed by atoms with Crippen LogP contribution >= 0.6 is 11.6 Å². The van der Waals surface area contributed by atoms with E-state index >= 15 is 0 Å². The lowest BCUT2D eigenvalue weighted by molar-refractivity contribution is -0.136. The average Bonchev–Trinajstić information content (AvgIpc) is 2.61. The number of amides is 1. The van der Waals surface area contributed by atoms with Crippen molar-refractivity contribution in [3.05, 3.63) is 0 Å². The first-order chi connectivity index (χ1) is 6.57. The first-order valence-corrected chi connectivity index (χ1v) is 5.55. The van der Waals surface area contributed by atoms with Gasteiger partial charge in [0, 0.05) is 25.5 Å². The van der Waals surface area contributed by atoms with Crippen molar-refractivity contribution >= 4 is 17.5 Å². The Morgan fingerprint density at radius 1 is 1.71 bits per heavy atom. The van der Waals surface area contributed by atoms with E-state index in [0.717, 1.165) is 13.0 Å². The Hall–Kier alpha value is -0.280. The van der Waals surface area contributed by atoms with E-state index < -0.39 is 0 Å². The minimum atomic E-state index is -0.102. The van der Waals surface area contributed by atoms with Gasteiger partial charge in [-0.05, 0) is 13.3 Å². The number of hydrogen-bond acceptors (Lipinski definition) is 2. The molecule has 1 fully saturated rings. The van der Waals surface area contributed by atoms with Crippen LogP contribution in [0.25, 0.3) is 0 Å². The molecule has 1 amide bonds. The standard InChI is InChI=1S/C10H18ClNO2/c1-7(6-11)10(13)12(3)9-4-5-14-8(9)2/h7-9H,4-6H2,1-3H3. The lowest BCUT2D eigenvalue weighted by Crippen LogP contribution is -2.43. The van der Waals surface area contributed by atoms with Crippen LogP contribution in [0.2, 0.25) is 0 Å². The van der Waals surface area contributed by atoms with Gasteiger partial charge in [0.15, 0.2) is 0 Å². The highest BCUT2D eigenvalue weighted by atomic mass is 35.5. The fourth-order valence-electron chi connectivity index (χ4n) is 1.81. The molecule has 0 radical (unpaired) electrons. The normalized spacial score (nSPS) is 28.9. The van der Waals surface area contributed by atoms with E-state index in [1.54, 1.807) is 4.90 Å². The van der Waals surface area contributed by atoms with Gasteiger partial charge in [0.1, 0.15) is 0 Å². The Kier molecular flexibility index (Phi) is 4.20. The molecule has 0 aromatic carbocycles. The van der Waals surface area contributed by atoms with Crippen molar-refractivity contribution in [3.63, 3.8) is 0 Å². The Balaban J connectivity index is 2.55. The molecule has 0 aliphatic carbocycles. The fourth-order valence-corrected chi connectivity index (χ4v) is 1.94. The monoisotopic (exact) mass is 219 g/mol.